The maximum atomic E-state index is 3.82. The Balaban J connectivity index is 0.000000648. The molecule has 2 saturated heterocycles. The van der Waals surface area contributed by atoms with Crippen LogP contribution in [0.4, 0.5) is 0 Å². The van der Waals surface area contributed by atoms with Gasteiger partial charge in [-0.15, -0.1) is 0 Å². The SMILES string of the molecule is CCCCC1=[C-]C([Si]2(CCCC)CCC2)=CC1.CCCCC1=[C-]C([Si]2(CCCC)CCC2)=CC1.[Cl-].[Cl-].[Ti+4]. The third-order valence-electron chi connectivity index (χ3n) is 9.17. The van der Waals surface area contributed by atoms with E-state index in [1.54, 1.807) is 57.8 Å². The normalized spacial score (nSPS) is 20.2. The molecule has 2 aliphatic carbocycles. The van der Waals surface area contributed by atoms with Crippen LogP contribution < -0.4 is 24.8 Å². The fourth-order valence-corrected chi connectivity index (χ4v) is 15.4. The van der Waals surface area contributed by atoms with Gasteiger partial charge in [0.25, 0.3) is 0 Å². The van der Waals surface area contributed by atoms with Crippen LogP contribution in [0.5, 0.6) is 0 Å². The molecular weight excluding hydrogens is 559 g/mol. The van der Waals surface area contributed by atoms with Crippen molar-refractivity contribution < 1.29 is 46.5 Å². The van der Waals surface area contributed by atoms with Gasteiger partial charge in [-0.25, -0.2) is 22.5 Å². The Morgan fingerprint density at radius 2 is 0.946 bits per heavy atom. The van der Waals surface area contributed by atoms with Gasteiger partial charge in [0, 0.05) is 16.1 Å². The Kier molecular flexibility index (Phi) is 20.1. The molecule has 4 aliphatic rings. The molecule has 0 aromatic rings. The van der Waals surface area contributed by atoms with Crippen molar-refractivity contribution in [3.8, 4) is 0 Å². The Morgan fingerprint density at radius 3 is 1.22 bits per heavy atom. The summed E-state index contributed by atoms with van der Waals surface area (Å²) in [5.74, 6) is 0. The first-order valence-electron chi connectivity index (χ1n) is 15.3. The molecule has 37 heavy (non-hydrogen) atoms. The van der Waals surface area contributed by atoms with E-state index in [0.717, 1.165) is 0 Å². The van der Waals surface area contributed by atoms with Crippen molar-refractivity contribution in [1.82, 2.24) is 0 Å². The van der Waals surface area contributed by atoms with E-state index in [9.17, 15) is 0 Å². The summed E-state index contributed by atoms with van der Waals surface area (Å²) in [6, 6.07) is 9.34. The van der Waals surface area contributed by atoms with Gasteiger partial charge in [-0.05, 0) is 0 Å². The standard InChI is InChI=1S/2C16H27Si.2ClH.Ti/c2*1-3-5-8-15-9-10-16(14-15)17(11-6-4-2)12-7-13-17;;;/h2*10H,3-9,11-13H2,1-2H3;2*1H;/q2*-1;;;+4/p-2. The van der Waals surface area contributed by atoms with Gasteiger partial charge in [-0.1, -0.05) is 154 Å². The van der Waals surface area contributed by atoms with Gasteiger partial charge in [0.2, 0.25) is 0 Å². The summed E-state index contributed by atoms with van der Waals surface area (Å²) >= 11 is 0. The minimum Gasteiger partial charge on any atom is -1.00 e. The van der Waals surface area contributed by atoms with Gasteiger partial charge < -0.3 is 24.8 Å². The molecule has 2 aliphatic heterocycles. The Labute approximate surface area is 260 Å². The van der Waals surface area contributed by atoms with Crippen molar-refractivity contribution in [3.63, 3.8) is 0 Å². The second-order valence-electron chi connectivity index (χ2n) is 11.8. The summed E-state index contributed by atoms with van der Waals surface area (Å²) in [7, 11) is -1.97. The molecule has 0 spiro atoms. The van der Waals surface area contributed by atoms with Gasteiger partial charge in [-0.3, -0.25) is 12.2 Å². The third kappa shape index (κ3) is 10.5. The smallest absolute Gasteiger partial charge is 1.00 e. The van der Waals surface area contributed by atoms with E-state index >= 15 is 0 Å². The summed E-state index contributed by atoms with van der Waals surface area (Å²) in [6.45, 7) is 9.23. The molecule has 0 radical (unpaired) electrons. The van der Waals surface area contributed by atoms with E-state index in [-0.39, 0.29) is 46.5 Å². The average Bonchev–Trinajstić information content (AvgIpc) is 3.46. The summed E-state index contributed by atoms with van der Waals surface area (Å²) in [4.78, 5) is 0. The number of halogens is 2. The topological polar surface area (TPSA) is 0 Å². The Morgan fingerprint density at radius 1 is 0.595 bits per heavy atom. The molecule has 4 rings (SSSR count). The molecular formula is C32H54Cl2Si2Ti. The van der Waals surface area contributed by atoms with E-state index in [4.69, 9.17) is 0 Å². The molecule has 2 heterocycles. The van der Waals surface area contributed by atoms with Crippen LogP contribution >= 0.6 is 0 Å². The fourth-order valence-electron chi connectivity index (χ4n) is 6.39. The van der Waals surface area contributed by atoms with Crippen LogP contribution in [0, 0.1) is 12.2 Å². The molecule has 2 fully saturated rings. The van der Waals surface area contributed by atoms with Crippen LogP contribution in [0.15, 0.2) is 33.7 Å². The minimum absolute atomic E-state index is 0. The number of hydrogen-bond donors (Lipinski definition) is 0. The fraction of sp³-hybridized carbons (Fsp3) is 0.750. The predicted octanol–water partition coefficient (Wildman–Crippen LogP) is 4.86. The van der Waals surface area contributed by atoms with E-state index in [2.05, 4.69) is 52.0 Å². The van der Waals surface area contributed by atoms with Crippen molar-refractivity contribution >= 4 is 16.1 Å². The van der Waals surface area contributed by atoms with Gasteiger partial charge in [0.1, 0.15) is 0 Å². The molecule has 0 aromatic heterocycles. The maximum Gasteiger partial charge on any atom is 4.00 e. The van der Waals surface area contributed by atoms with Crippen molar-refractivity contribution in [1.29, 1.82) is 0 Å². The first-order chi connectivity index (χ1) is 16.6. The number of unbranched alkanes of at least 4 members (excludes halogenated alkanes) is 4. The Hall–Kier alpha value is 0.688. The van der Waals surface area contributed by atoms with Crippen LogP contribution in [-0.2, 0) is 21.7 Å². The third-order valence-corrected chi connectivity index (χ3v) is 20.0. The molecule has 0 N–H and O–H groups in total. The van der Waals surface area contributed by atoms with Crippen molar-refractivity contribution in [2.45, 2.75) is 154 Å². The minimum atomic E-state index is -0.983. The first kappa shape index (κ1) is 37.7. The molecule has 0 amide bonds. The molecule has 0 atom stereocenters. The molecule has 0 aromatic carbocycles. The number of allylic oxidation sites excluding steroid dienone is 8. The van der Waals surface area contributed by atoms with Crippen molar-refractivity contribution in [2.75, 3.05) is 0 Å². The van der Waals surface area contributed by atoms with E-state index in [1.165, 1.54) is 89.9 Å². The second kappa shape index (κ2) is 19.7. The van der Waals surface area contributed by atoms with Gasteiger partial charge in [-0.2, -0.15) is 11.1 Å². The van der Waals surface area contributed by atoms with E-state index in [1.807, 2.05) is 0 Å². The summed E-state index contributed by atoms with van der Waals surface area (Å²) in [5, 5.41) is 3.45. The number of rotatable bonds is 14. The zero-order valence-corrected chi connectivity index (χ0v) is 29.6. The Bertz CT molecular complexity index is 697. The molecule has 0 nitrogen and oxygen atoms in total. The van der Waals surface area contributed by atoms with Crippen LogP contribution in [-0.4, -0.2) is 16.1 Å². The van der Waals surface area contributed by atoms with Crippen molar-refractivity contribution in [3.05, 3.63) is 45.8 Å². The molecule has 0 bridgehead atoms. The monoisotopic (exact) mass is 612 g/mol. The first-order valence-corrected chi connectivity index (χ1v) is 20.5. The van der Waals surface area contributed by atoms with Crippen LogP contribution in [0.1, 0.15) is 118 Å². The van der Waals surface area contributed by atoms with E-state index in [0.29, 0.717) is 0 Å². The largest absolute Gasteiger partial charge is 4.00 e. The maximum absolute atomic E-state index is 3.82. The van der Waals surface area contributed by atoms with Crippen molar-refractivity contribution in [2.24, 2.45) is 0 Å². The molecule has 208 valence electrons. The van der Waals surface area contributed by atoms with Gasteiger partial charge >= 0.3 is 21.7 Å². The summed E-state index contributed by atoms with van der Waals surface area (Å²) < 4.78 is 0. The quantitative estimate of drug-likeness (QED) is 0.194. The average molecular weight is 614 g/mol. The second-order valence-corrected chi connectivity index (χ2v) is 21.0. The zero-order chi connectivity index (χ0) is 24.3. The van der Waals surface area contributed by atoms with Gasteiger partial charge in [0.15, 0.2) is 0 Å². The zero-order valence-electron chi connectivity index (χ0n) is 24.6. The van der Waals surface area contributed by atoms with Crippen LogP contribution in [0.3, 0.4) is 0 Å². The summed E-state index contributed by atoms with van der Waals surface area (Å²) in [5.41, 5.74) is 3.22. The molecule has 0 unspecified atom stereocenters. The van der Waals surface area contributed by atoms with Gasteiger partial charge in [0.05, 0.1) is 0 Å². The van der Waals surface area contributed by atoms with E-state index < -0.39 is 16.1 Å². The van der Waals surface area contributed by atoms with Crippen LogP contribution in [0.25, 0.3) is 0 Å². The predicted molar refractivity (Wildman–Crippen MR) is 157 cm³/mol. The summed E-state index contributed by atoms with van der Waals surface area (Å²) in [6.07, 6.45) is 31.8. The van der Waals surface area contributed by atoms with Crippen LogP contribution in [0.2, 0.25) is 36.3 Å². The molecule has 0 saturated carbocycles. The number of hydrogen-bond acceptors (Lipinski definition) is 0. The molecule has 5 heteroatoms.